The predicted octanol–water partition coefficient (Wildman–Crippen LogP) is 4.16. The molecule has 0 N–H and O–H groups in total. The van der Waals surface area contributed by atoms with Crippen molar-refractivity contribution < 1.29 is 21.6 Å². The second-order valence-corrected chi connectivity index (χ2v) is 6.85. The molecule has 0 atom stereocenters. The lowest BCUT2D eigenvalue weighted by atomic mass is 10.2. The fourth-order valence-electron chi connectivity index (χ4n) is 0.982. The average molecular weight is 402 g/mol. The first-order valence-electron chi connectivity index (χ1n) is 3.55. The summed E-state index contributed by atoms with van der Waals surface area (Å²) in [5.74, 6) is 0. The van der Waals surface area contributed by atoms with Gasteiger partial charge in [0, 0.05) is 15.2 Å². The van der Waals surface area contributed by atoms with E-state index in [-0.39, 0.29) is 4.47 Å². The van der Waals surface area contributed by atoms with Gasteiger partial charge >= 0.3 is 6.18 Å². The maximum atomic E-state index is 12.6. The van der Waals surface area contributed by atoms with Gasteiger partial charge in [-0.2, -0.15) is 13.2 Å². The van der Waals surface area contributed by atoms with E-state index in [4.69, 9.17) is 10.7 Å². The first kappa shape index (κ1) is 14.3. The van der Waals surface area contributed by atoms with Crippen molar-refractivity contribution in [3.63, 3.8) is 0 Å². The van der Waals surface area contributed by atoms with E-state index in [1.807, 2.05) is 0 Å². The molecule has 1 rings (SSSR count). The molecule has 0 amide bonds. The lowest BCUT2D eigenvalue weighted by molar-refractivity contribution is -0.139. The summed E-state index contributed by atoms with van der Waals surface area (Å²) in [5, 5.41) is 0. The minimum Gasteiger partial charge on any atom is -0.207 e. The first-order chi connectivity index (χ1) is 7.05. The molecule has 9 heteroatoms. The highest BCUT2D eigenvalue weighted by Crippen LogP contribution is 2.42. The number of hydrogen-bond donors (Lipinski definition) is 0. The lowest BCUT2D eigenvalue weighted by Gasteiger charge is -2.13. The van der Waals surface area contributed by atoms with Gasteiger partial charge in [-0.15, -0.1) is 0 Å². The summed E-state index contributed by atoms with van der Waals surface area (Å²) in [6.07, 6.45) is -4.69. The average Bonchev–Trinajstić information content (AvgIpc) is 1.97. The molecule has 0 unspecified atom stereocenters. The van der Waals surface area contributed by atoms with Gasteiger partial charge in [0.05, 0.1) is 14.9 Å². The van der Waals surface area contributed by atoms with E-state index in [2.05, 4.69) is 31.9 Å². The van der Waals surface area contributed by atoms with Crippen molar-refractivity contribution in [3.05, 3.63) is 26.6 Å². The molecule has 2 nitrogen and oxygen atoms in total. The summed E-state index contributed by atoms with van der Waals surface area (Å²) in [6, 6.07) is 1.95. The highest BCUT2D eigenvalue weighted by Gasteiger charge is 2.37. The van der Waals surface area contributed by atoms with E-state index >= 15 is 0 Å². The van der Waals surface area contributed by atoms with Crippen molar-refractivity contribution in [2.24, 2.45) is 0 Å². The van der Waals surface area contributed by atoms with Crippen LogP contribution < -0.4 is 0 Å². The molecule has 1 aromatic carbocycles. The molecule has 0 radical (unpaired) electrons. The highest BCUT2D eigenvalue weighted by atomic mass is 79.9. The van der Waals surface area contributed by atoms with Crippen molar-refractivity contribution in [1.29, 1.82) is 0 Å². The van der Waals surface area contributed by atoms with E-state index < -0.39 is 30.2 Å². The molecule has 0 aromatic heterocycles. The molecule has 90 valence electrons. The van der Waals surface area contributed by atoms with Crippen LogP contribution in [-0.2, 0) is 15.2 Å². The van der Waals surface area contributed by atoms with Gasteiger partial charge in [0.1, 0.15) is 0 Å². The van der Waals surface area contributed by atoms with Gasteiger partial charge in [0.25, 0.3) is 9.05 Å². The van der Waals surface area contributed by atoms with Crippen LogP contribution >= 0.6 is 42.5 Å². The van der Waals surface area contributed by atoms with Crippen LogP contribution in [0.5, 0.6) is 0 Å². The van der Waals surface area contributed by atoms with Gasteiger partial charge in [-0.05, 0) is 28.1 Å². The Morgan fingerprint density at radius 1 is 1.19 bits per heavy atom. The topological polar surface area (TPSA) is 34.1 Å². The number of halogens is 6. The van der Waals surface area contributed by atoms with Crippen LogP contribution in [0.2, 0.25) is 0 Å². The molecule has 0 aliphatic carbocycles. The Bertz CT molecular complexity index is 527. The van der Waals surface area contributed by atoms with Crippen molar-refractivity contribution in [2.45, 2.75) is 11.1 Å². The minimum atomic E-state index is -4.69. The van der Waals surface area contributed by atoms with Gasteiger partial charge in [0.2, 0.25) is 0 Å². The number of benzene rings is 1. The minimum absolute atomic E-state index is 0.268. The number of alkyl halides is 3. The Morgan fingerprint density at radius 2 is 1.69 bits per heavy atom. The first-order valence-corrected chi connectivity index (χ1v) is 7.44. The van der Waals surface area contributed by atoms with Crippen LogP contribution in [0.3, 0.4) is 0 Å². The second-order valence-electron chi connectivity index (χ2n) is 2.67. The Morgan fingerprint density at radius 3 is 2.06 bits per heavy atom. The highest BCUT2D eigenvalue weighted by molar-refractivity contribution is 9.11. The normalized spacial score (nSPS) is 12.9. The maximum Gasteiger partial charge on any atom is 0.418 e. The molecular weight excluding hydrogens is 400 g/mol. The predicted molar refractivity (Wildman–Crippen MR) is 59.9 cm³/mol. The lowest BCUT2D eigenvalue weighted by Crippen LogP contribution is -2.09. The monoisotopic (exact) mass is 400 g/mol. The summed E-state index contributed by atoms with van der Waals surface area (Å²) < 4.78 is 58.9. The summed E-state index contributed by atoms with van der Waals surface area (Å²) in [6.45, 7) is 0. The van der Waals surface area contributed by atoms with Crippen LogP contribution in [0.4, 0.5) is 13.2 Å². The molecule has 0 aliphatic heterocycles. The van der Waals surface area contributed by atoms with Gasteiger partial charge in [-0.1, -0.05) is 15.9 Å². The third kappa shape index (κ3) is 2.91. The van der Waals surface area contributed by atoms with Crippen molar-refractivity contribution in [3.8, 4) is 0 Å². The SMILES string of the molecule is O=S(=O)(Cl)c1ccc(Br)c(C(F)(F)F)c1Br. The van der Waals surface area contributed by atoms with Crippen LogP contribution in [0.25, 0.3) is 0 Å². The van der Waals surface area contributed by atoms with Crippen LogP contribution in [0.15, 0.2) is 26.0 Å². The fraction of sp³-hybridized carbons (Fsp3) is 0.143. The summed E-state index contributed by atoms with van der Waals surface area (Å²) >= 11 is 5.29. The Labute approximate surface area is 110 Å². The van der Waals surface area contributed by atoms with Crippen LogP contribution in [0.1, 0.15) is 5.56 Å². The van der Waals surface area contributed by atoms with E-state index in [0.717, 1.165) is 12.1 Å². The number of rotatable bonds is 1. The van der Waals surface area contributed by atoms with E-state index in [1.165, 1.54) is 0 Å². The summed E-state index contributed by atoms with van der Waals surface area (Å²) in [7, 11) is 0.769. The van der Waals surface area contributed by atoms with Gasteiger partial charge in [0.15, 0.2) is 0 Å². The van der Waals surface area contributed by atoms with E-state index in [0.29, 0.717) is 0 Å². The third-order valence-electron chi connectivity index (χ3n) is 1.60. The smallest absolute Gasteiger partial charge is 0.207 e. The van der Waals surface area contributed by atoms with Crippen LogP contribution in [0, 0.1) is 0 Å². The molecule has 0 spiro atoms. The Balaban J connectivity index is 3.65. The molecule has 0 fully saturated rings. The zero-order chi connectivity index (χ0) is 12.7. The van der Waals surface area contributed by atoms with Crippen LogP contribution in [-0.4, -0.2) is 8.42 Å². The van der Waals surface area contributed by atoms with Crippen molar-refractivity contribution in [2.75, 3.05) is 0 Å². The van der Waals surface area contributed by atoms with Gasteiger partial charge in [-0.3, -0.25) is 0 Å². The van der Waals surface area contributed by atoms with E-state index in [1.54, 1.807) is 0 Å². The molecule has 1 aromatic rings. The zero-order valence-corrected chi connectivity index (χ0v) is 11.9. The molecule has 0 heterocycles. The third-order valence-corrected chi connectivity index (χ3v) is 4.71. The van der Waals surface area contributed by atoms with Crippen molar-refractivity contribution in [1.82, 2.24) is 0 Å². The summed E-state index contributed by atoms with van der Waals surface area (Å²) in [5.41, 5.74) is -1.12. The molecule has 0 bridgehead atoms. The molecule has 0 saturated carbocycles. The largest absolute Gasteiger partial charge is 0.418 e. The molecule has 0 aliphatic rings. The zero-order valence-electron chi connectivity index (χ0n) is 7.15. The molecule has 0 saturated heterocycles. The summed E-state index contributed by atoms with van der Waals surface area (Å²) in [4.78, 5) is -0.621. The Kier molecular flexibility index (Phi) is 3.99. The van der Waals surface area contributed by atoms with Crippen molar-refractivity contribution >= 4 is 51.6 Å². The fourth-order valence-corrected chi connectivity index (χ4v) is 4.22. The number of hydrogen-bond acceptors (Lipinski definition) is 2. The van der Waals surface area contributed by atoms with E-state index in [9.17, 15) is 21.6 Å². The standard InChI is InChI=1S/C7H2Br2ClF3O2S/c8-3-1-2-4(16(10,14)15)6(9)5(3)7(11,12)13/h1-2H. The molecule has 16 heavy (non-hydrogen) atoms. The quantitative estimate of drug-likeness (QED) is 0.661. The second kappa shape index (κ2) is 4.47. The van der Waals surface area contributed by atoms with Gasteiger partial charge in [-0.25, -0.2) is 8.42 Å². The maximum absolute atomic E-state index is 12.6. The van der Waals surface area contributed by atoms with Gasteiger partial charge < -0.3 is 0 Å². The Hall–Kier alpha value is 0.210. The molecular formula is C7H2Br2ClF3O2S.